The van der Waals surface area contributed by atoms with Gasteiger partial charge in [0.05, 0.1) is 16.8 Å². The second-order valence-corrected chi connectivity index (χ2v) is 11.1. The van der Waals surface area contributed by atoms with Gasteiger partial charge >= 0.3 is 0 Å². The van der Waals surface area contributed by atoms with E-state index in [1.807, 2.05) is 18.3 Å². The Morgan fingerprint density at radius 3 is 2.59 bits per heavy atom. The van der Waals surface area contributed by atoms with Crippen molar-refractivity contribution in [2.75, 3.05) is 26.7 Å². The molecule has 1 unspecified atom stereocenters. The Labute approximate surface area is 209 Å². The third-order valence-corrected chi connectivity index (χ3v) is 8.35. The van der Waals surface area contributed by atoms with Crippen molar-refractivity contribution in [3.63, 3.8) is 0 Å². The first kappa shape index (κ1) is 23.4. The molecule has 178 valence electrons. The molecule has 2 aliphatic rings. The summed E-state index contributed by atoms with van der Waals surface area (Å²) in [5.74, 6) is -0.186. The van der Waals surface area contributed by atoms with Crippen LogP contribution in [0.2, 0.25) is 5.02 Å². The van der Waals surface area contributed by atoms with Gasteiger partial charge in [-0.15, -0.1) is 11.3 Å². The van der Waals surface area contributed by atoms with Gasteiger partial charge in [-0.05, 0) is 61.9 Å². The molecule has 2 saturated heterocycles. The van der Waals surface area contributed by atoms with Crippen LogP contribution in [-0.2, 0) is 22.7 Å². The molecule has 1 aromatic carbocycles. The van der Waals surface area contributed by atoms with Crippen molar-refractivity contribution in [2.45, 2.75) is 45.8 Å². The largest absolute Gasteiger partial charge is 0.304 e. The van der Waals surface area contributed by atoms with E-state index in [0.717, 1.165) is 57.4 Å². The zero-order chi connectivity index (χ0) is 24.0. The maximum atomic E-state index is 12.1. The number of pyridine rings is 1. The molecule has 5 rings (SSSR count). The summed E-state index contributed by atoms with van der Waals surface area (Å²) in [6, 6.07) is 8.64. The van der Waals surface area contributed by atoms with Crippen LogP contribution in [0.5, 0.6) is 0 Å². The second kappa shape index (κ2) is 9.38. The van der Waals surface area contributed by atoms with Crippen molar-refractivity contribution in [3.05, 3.63) is 51.5 Å². The minimum Gasteiger partial charge on any atom is -0.304 e. The van der Waals surface area contributed by atoms with Crippen molar-refractivity contribution in [1.82, 2.24) is 19.7 Å². The Morgan fingerprint density at radius 1 is 1.09 bits per heavy atom. The second-order valence-electron chi connectivity index (χ2n) is 9.49. The molecule has 0 radical (unpaired) electrons. The number of fused-ring (bicyclic) bond motifs is 1. The summed E-state index contributed by atoms with van der Waals surface area (Å²) in [6.07, 6.45) is 2.45. The minimum atomic E-state index is -0.0929. The number of hydrogen-bond acceptors (Lipinski definition) is 6. The number of nitrogens with zero attached hydrogens (tertiary/aromatic N) is 4. The van der Waals surface area contributed by atoms with E-state index in [1.165, 1.54) is 16.0 Å². The van der Waals surface area contributed by atoms with Crippen molar-refractivity contribution >= 4 is 45.0 Å². The SMILES string of the molecule is Cc1cc(Cl)cc(-c2ccnc3cc(CN4C(=O)CCC4=O)sc23)c1CN1CCN(C)CC1C. The number of aryl methyl sites for hydroxylation is 1. The average Bonchev–Trinajstić information content (AvgIpc) is 3.34. The first-order chi connectivity index (χ1) is 16.3. The lowest BCUT2D eigenvalue weighted by atomic mass is 9.95. The highest BCUT2D eigenvalue weighted by Gasteiger charge is 2.29. The zero-order valence-corrected chi connectivity index (χ0v) is 21.4. The van der Waals surface area contributed by atoms with Crippen LogP contribution in [0.25, 0.3) is 21.3 Å². The topological polar surface area (TPSA) is 56.8 Å². The lowest BCUT2D eigenvalue weighted by Crippen LogP contribution is -2.49. The smallest absolute Gasteiger partial charge is 0.230 e. The summed E-state index contributed by atoms with van der Waals surface area (Å²) in [7, 11) is 2.18. The molecule has 0 N–H and O–H groups in total. The van der Waals surface area contributed by atoms with Crippen LogP contribution in [0, 0.1) is 6.92 Å². The molecule has 0 spiro atoms. The van der Waals surface area contributed by atoms with Gasteiger partial charge in [-0.3, -0.25) is 24.4 Å². The van der Waals surface area contributed by atoms with E-state index in [1.54, 1.807) is 11.3 Å². The number of carbonyl (C=O) groups excluding carboxylic acids is 2. The summed E-state index contributed by atoms with van der Waals surface area (Å²) in [6.45, 7) is 8.76. The molecule has 2 aromatic heterocycles. The molecule has 1 atom stereocenters. The van der Waals surface area contributed by atoms with E-state index in [-0.39, 0.29) is 11.8 Å². The monoisotopic (exact) mass is 496 g/mol. The van der Waals surface area contributed by atoms with Crippen LogP contribution in [-0.4, -0.2) is 64.2 Å². The molecule has 34 heavy (non-hydrogen) atoms. The molecule has 0 aliphatic carbocycles. The maximum Gasteiger partial charge on any atom is 0.230 e. The van der Waals surface area contributed by atoms with Gasteiger partial charge in [0.15, 0.2) is 0 Å². The Balaban J connectivity index is 1.53. The van der Waals surface area contributed by atoms with Crippen LogP contribution in [0.1, 0.15) is 35.8 Å². The molecular weight excluding hydrogens is 468 g/mol. The lowest BCUT2D eigenvalue weighted by Gasteiger charge is -2.38. The number of imide groups is 1. The third kappa shape index (κ3) is 4.50. The van der Waals surface area contributed by atoms with Gasteiger partial charge in [0.1, 0.15) is 0 Å². The number of rotatable bonds is 5. The van der Waals surface area contributed by atoms with Crippen molar-refractivity contribution in [1.29, 1.82) is 0 Å². The average molecular weight is 497 g/mol. The van der Waals surface area contributed by atoms with Crippen LogP contribution in [0.4, 0.5) is 0 Å². The zero-order valence-electron chi connectivity index (χ0n) is 19.8. The number of likely N-dealkylation sites (N-methyl/N-ethyl adjacent to an activating group) is 1. The number of likely N-dealkylation sites (tertiary alicyclic amines) is 1. The molecule has 8 heteroatoms. The van der Waals surface area contributed by atoms with E-state index in [2.05, 4.69) is 47.8 Å². The highest BCUT2D eigenvalue weighted by atomic mass is 35.5. The number of piperazine rings is 1. The van der Waals surface area contributed by atoms with Crippen molar-refractivity contribution in [2.24, 2.45) is 0 Å². The van der Waals surface area contributed by atoms with Crippen LogP contribution >= 0.6 is 22.9 Å². The van der Waals surface area contributed by atoms with Gasteiger partial charge in [0, 0.05) is 66.7 Å². The molecule has 0 saturated carbocycles. The Kier molecular flexibility index (Phi) is 6.46. The van der Waals surface area contributed by atoms with E-state index in [4.69, 9.17) is 11.6 Å². The van der Waals surface area contributed by atoms with Crippen molar-refractivity contribution < 1.29 is 9.59 Å². The maximum absolute atomic E-state index is 12.1. The van der Waals surface area contributed by atoms with Crippen LogP contribution < -0.4 is 0 Å². The van der Waals surface area contributed by atoms with Crippen molar-refractivity contribution in [3.8, 4) is 11.1 Å². The van der Waals surface area contributed by atoms with E-state index >= 15 is 0 Å². The standard InChI is InChI=1S/C26H29ClN4O2S/c1-16-10-18(27)11-21(22(16)15-30-9-8-29(3)13-17(30)2)20-6-7-28-23-12-19(34-26(20)23)14-31-24(32)4-5-25(31)33/h6-7,10-12,17H,4-5,8-9,13-15H2,1-3H3. The van der Waals surface area contributed by atoms with E-state index < -0.39 is 0 Å². The fourth-order valence-electron chi connectivity index (χ4n) is 5.07. The van der Waals surface area contributed by atoms with Crippen LogP contribution in [0.15, 0.2) is 30.5 Å². The molecule has 2 amide bonds. The molecule has 2 aliphatic heterocycles. The number of benzene rings is 1. The first-order valence-corrected chi connectivity index (χ1v) is 12.9. The summed E-state index contributed by atoms with van der Waals surface area (Å²) in [4.78, 5) is 36.1. The number of carbonyl (C=O) groups is 2. The van der Waals surface area contributed by atoms with Gasteiger partial charge in [0.2, 0.25) is 11.8 Å². The van der Waals surface area contributed by atoms with Gasteiger partial charge < -0.3 is 4.90 Å². The minimum absolute atomic E-state index is 0.0929. The van der Waals surface area contributed by atoms with E-state index in [9.17, 15) is 9.59 Å². The van der Waals surface area contributed by atoms with Gasteiger partial charge in [0.25, 0.3) is 0 Å². The molecule has 2 fully saturated rings. The number of aromatic nitrogens is 1. The quantitative estimate of drug-likeness (QED) is 0.479. The Morgan fingerprint density at radius 2 is 1.85 bits per heavy atom. The predicted octanol–water partition coefficient (Wildman–Crippen LogP) is 4.71. The predicted molar refractivity (Wildman–Crippen MR) is 137 cm³/mol. The number of halogens is 1. The van der Waals surface area contributed by atoms with E-state index in [0.29, 0.717) is 25.4 Å². The summed E-state index contributed by atoms with van der Waals surface area (Å²) >= 11 is 8.16. The van der Waals surface area contributed by atoms with Gasteiger partial charge in [-0.1, -0.05) is 11.6 Å². The third-order valence-electron chi connectivity index (χ3n) is 6.99. The molecule has 0 bridgehead atoms. The molecule has 4 heterocycles. The lowest BCUT2D eigenvalue weighted by molar-refractivity contribution is -0.138. The molecule has 3 aromatic rings. The van der Waals surface area contributed by atoms with Gasteiger partial charge in [-0.25, -0.2) is 0 Å². The van der Waals surface area contributed by atoms with Crippen LogP contribution in [0.3, 0.4) is 0 Å². The highest BCUT2D eigenvalue weighted by molar-refractivity contribution is 7.19. The summed E-state index contributed by atoms with van der Waals surface area (Å²) in [5, 5.41) is 0.720. The Hall–Kier alpha value is -2.32. The number of amides is 2. The number of hydrogen-bond donors (Lipinski definition) is 0. The fourth-order valence-corrected chi connectivity index (χ4v) is 6.47. The number of thiophene rings is 1. The fraction of sp³-hybridized carbons (Fsp3) is 0.423. The molecular formula is C26H29ClN4O2S. The normalized spacial score (nSPS) is 20.1. The van der Waals surface area contributed by atoms with Gasteiger partial charge in [-0.2, -0.15) is 0 Å². The highest BCUT2D eigenvalue weighted by Crippen LogP contribution is 2.39. The molecule has 6 nitrogen and oxygen atoms in total. The summed E-state index contributed by atoms with van der Waals surface area (Å²) < 4.78 is 1.06. The first-order valence-electron chi connectivity index (χ1n) is 11.7. The Bertz CT molecular complexity index is 1260. The summed E-state index contributed by atoms with van der Waals surface area (Å²) in [5.41, 5.74) is 5.58.